The number of halogens is 2. The van der Waals surface area contributed by atoms with Crippen LogP contribution in [0.4, 0.5) is 0 Å². The molecule has 2 rings (SSSR count). The molecule has 38 heavy (non-hydrogen) atoms. The fraction of sp³-hybridized carbons (Fsp3) is 0.647. The highest BCUT2D eigenvalue weighted by Gasteiger charge is 2.12. The summed E-state index contributed by atoms with van der Waals surface area (Å²) in [6, 6.07) is 12.5. The van der Waals surface area contributed by atoms with Gasteiger partial charge in [-0.2, -0.15) is 0 Å². The van der Waals surface area contributed by atoms with Crippen molar-refractivity contribution in [3.05, 3.63) is 47.5 Å². The molecule has 0 aliphatic carbocycles. The van der Waals surface area contributed by atoms with E-state index in [1.54, 1.807) is 0 Å². The molecule has 0 fully saturated rings. The van der Waals surface area contributed by atoms with Gasteiger partial charge in [0.25, 0.3) is 0 Å². The van der Waals surface area contributed by atoms with E-state index in [2.05, 4.69) is 65.8 Å². The van der Waals surface area contributed by atoms with Crippen LogP contribution in [0.15, 0.2) is 36.4 Å². The van der Waals surface area contributed by atoms with E-state index >= 15 is 0 Å². The number of alkyl halides is 2. The van der Waals surface area contributed by atoms with Gasteiger partial charge in [-0.05, 0) is 77.0 Å². The first kappa shape index (κ1) is 32.8. The van der Waals surface area contributed by atoms with Gasteiger partial charge in [-0.25, -0.2) is 0 Å². The lowest BCUT2D eigenvalue weighted by molar-refractivity contribution is 0.264. The maximum absolute atomic E-state index is 6.32. The number of hydrogen-bond acceptors (Lipinski definition) is 2. The van der Waals surface area contributed by atoms with Gasteiger partial charge in [0.15, 0.2) is 0 Å². The highest BCUT2D eigenvalue weighted by Crippen LogP contribution is 2.34. The van der Waals surface area contributed by atoms with Gasteiger partial charge in [0.1, 0.15) is 11.5 Å². The molecule has 0 heterocycles. The maximum atomic E-state index is 6.32. The van der Waals surface area contributed by atoms with E-state index in [1.165, 1.54) is 38.5 Å². The van der Waals surface area contributed by atoms with Crippen molar-refractivity contribution in [2.24, 2.45) is 23.7 Å². The molecule has 0 amide bonds. The summed E-state index contributed by atoms with van der Waals surface area (Å²) in [6.07, 6.45) is 9.82. The third-order valence-corrected chi connectivity index (χ3v) is 7.98. The summed E-state index contributed by atoms with van der Waals surface area (Å²) < 4.78 is 12.6. The van der Waals surface area contributed by atoms with Gasteiger partial charge >= 0.3 is 0 Å². The number of rotatable bonds is 19. The molecule has 2 aromatic carbocycles. The Morgan fingerprint density at radius 2 is 1.13 bits per heavy atom. The second kappa shape index (κ2) is 18.1. The second-order valence-corrected chi connectivity index (χ2v) is 12.6. The number of ether oxygens (including phenoxy) is 2. The third kappa shape index (κ3) is 12.6. The average Bonchev–Trinajstić information content (AvgIpc) is 2.87. The zero-order chi connectivity index (χ0) is 27.9. The van der Waals surface area contributed by atoms with Gasteiger partial charge in [-0.15, -0.1) is 23.2 Å². The third-order valence-electron chi connectivity index (χ3n) is 7.38. The summed E-state index contributed by atoms with van der Waals surface area (Å²) in [5.74, 6) is 5.50. The van der Waals surface area contributed by atoms with E-state index < -0.39 is 0 Å². The number of hydrogen-bond donors (Lipinski definition) is 0. The van der Waals surface area contributed by atoms with Crippen LogP contribution in [0, 0.1) is 23.7 Å². The molecule has 0 spiro atoms. The largest absolute Gasteiger partial charge is 0.493 e. The molecule has 0 radical (unpaired) electrons. The van der Waals surface area contributed by atoms with Gasteiger partial charge in [0, 0.05) is 17.8 Å². The predicted octanol–water partition coefficient (Wildman–Crippen LogP) is 11.3. The highest BCUT2D eigenvalue weighted by atomic mass is 35.5. The van der Waals surface area contributed by atoms with Crippen LogP contribution in [0.3, 0.4) is 0 Å². The molecule has 0 aromatic heterocycles. The lowest BCUT2D eigenvalue weighted by Gasteiger charge is -2.17. The van der Waals surface area contributed by atoms with Crippen molar-refractivity contribution < 1.29 is 9.47 Å². The van der Waals surface area contributed by atoms with Crippen LogP contribution in [-0.2, 0) is 11.8 Å². The van der Waals surface area contributed by atoms with Crippen LogP contribution < -0.4 is 9.47 Å². The fourth-order valence-electron chi connectivity index (χ4n) is 4.78. The molecular formula is C34H52Cl2O2. The zero-order valence-electron chi connectivity index (χ0n) is 24.8. The van der Waals surface area contributed by atoms with Crippen LogP contribution in [-0.4, -0.2) is 13.2 Å². The van der Waals surface area contributed by atoms with E-state index in [9.17, 15) is 0 Å². The minimum atomic E-state index is 0.445. The Bertz CT molecular complexity index is 880. The Morgan fingerprint density at radius 3 is 1.58 bits per heavy atom. The molecule has 0 aliphatic heterocycles. The summed E-state index contributed by atoms with van der Waals surface area (Å²) in [5.41, 5.74) is 4.32. The molecule has 214 valence electrons. The Morgan fingerprint density at radius 1 is 0.605 bits per heavy atom. The van der Waals surface area contributed by atoms with Crippen molar-refractivity contribution in [2.75, 3.05) is 13.2 Å². The predicted molar refractivity (Wildman–Crippen MR) is 167 cm³/mol. The van der Waals surface area contributed by atoms with E-state index in [0.717, 1.165) is 58.4 Å². The monoisotopic (exact) mass is 562 g/mol. The van der Waals surface area contributed by atoms with Crippen LogP contribution in [0.2, 0.25) is 0 Å². The molecule has 2 nitrogen and oxygen atoms in total. The molecule has 0 saturated carbocycles. The summed E-state index contributed by atoms with van der Waals surface area (Å²) in [4.78, 5) is 0. The Kier molecular flexibility index (Phi) is 15.6. The van der Waals surface area contributed by atoms with Crippen LogP contribution >= 0.6 is 23.2 Å². The van der Waals surface area contributed by atoms with Gasteiger partial charge in [-0.1, -0.05) is 92.2 Å². The standard InChI is InChI=1S/C34H52Cl2O2/c1-25(2)9-7-11-27(5)15-17-37-32-20-31(34-19-29(23-35)13-14-30(34)24-36)21-33(22-32)38-18-16-28(6)12-8-10-26(3)4/h13-14,19-22,25-28H,7-12,15-18,23-24H2,1-6H3. The molecular weight excluding hydrogens is 511 g/mol. The quantitative estimate of drug-likeness (QED) is 0.158. The molecule has 4 heteroatoms. The first-order valence-corrected chi connectivity index (χ1v) is 15.9. The van der Waals surface area contributed by atoms with Crippen LogP contribution in [0.25, 0.3) is 11.1 Å². The van der Waals surface area contributed by atoms with Crippen LogP contribution in [0.5, 0.6) is 11.5 Å². The van der Waals surface area contributed by atoms with E-state index in [0.29, 0.717) is 36.8 Å². The van der Waals surface area contributed by atoms with Crippen LogP contribution in [0.1, 0.15) is 104 Å². The SMILES string of the molecule is CC(C)CCCC(C)CCOc1cc(OCCC(C)CCCC(C)C)cc(-c2cc(CCl)ccc2CCl)c1. The molecule has 2 atom stereocenters. The van der Waals surface area contributed by atoms with E-state index in [-0.39, 0.29) is 0 Å². The van der Waals surface area contributed by atoms with Crippen molar-refractivity contribution in [3.8, 4) is 22.6 Å². The highest BCUT2D eigenvalue weighted by molar-refractivity contribution is 6.18. The summed E-state index contributed by atoms with van der Waals surface area (Å²) in [5, 5.41) is 0. The summed E-state index contributed by atoms with van der Waals surface area (Å²) >= 11 is 12.5. The lowest BCUT2D eigenvalue weighted by atomic mass is 9.97. The van der Waals surface area contributed by atoms with E-state index in [1.807, 2.05) is 12.1 Å². The Hall–Kier alpha value is -1.38. The fourth-order valence-corrected chi connectivity index (χ4v) is 5.18. The maximum Gasteiger partial charge on any atom is 0.123 e. The van der Waals surface area contributed by atoms with Gasteiger partial charge in [0.2, 0.25) is 0 Å². The molecule has 2 unspecified atom stereocenters. The molecule has 0 aliphatic rings. The minimum Gasteiger partial charge on any atom is -0.493 e. The topological polar surface area (TPSA) is 18.5 Å². The normalized spacial score (nSPS) is 13.2. The van der Waals surface area contributed by atoms with Gasteiger partial charge in [-0.3, -0.25) is 0 Å². The molecule has 2 aromatic rings. The van der Waals surface area contributed by atoms with Gasteiger partial charge in [0.05, 0.1) is 13.2 Å². The first-order chi connectivity index (χ1) is 18.2. The van der Waals surface area contributed by atoms with Crippen molar-refractivity contribution in [1.29, 1.82) is 0 Å². The van der Waals surface area contributed by atoms with Crippen molar-refractivity contribution >= 4 is 23.2 Å². The second-order valence-electron chi connectivity index (χ2n) is 12.1. The van der Waals surface area contributed by atoms with Crippen molar-refractivity contribution in [3.63, 3.8) is 0 Å². The summed E-state index contributed by atoms with van der Waals surface area (Å²) in [7, 11) is 0. The first-order valence-electron chi connectivity index (χ1n) is 14.9. The Balaban J connectivity index is 2.11. The number of benzene rings is 2. The Labute approximate surface area is 243 Å². The minimum absolute atomic E-state index is 0.445. The van der Waals surface area contributed by atoms with E-state index in [4.69, 9.17) is 32.7 Å². The zero-order valence-corrected chi connectivity index (χ0v) is 26.3. The van der Waals surface area contributed by atoms with Crippen molar-refractivity contribution in [1.82, 2.24) is 0 Å². The molecule has 0 saturated heterocycles. The lowest BCUT2D eigenvalue weighted by Crippen LogP contribution is -2.06. The summed E-state index contributed by atoms with van der Waals surface area (Å²) in [6.45, 7) is 15.3. The van der Waals surface area contributed by atoms with Gasteiger partial charge < -0.3 is 9.47 Å². The van der Waals surface area contributed by atoms with Crippen molar-refractivity contribution in [2.45, 2.75) is 105 Å². The molecule has 0 N–H and O–H groups in total. The average molecular weight is 564 g/mol. The smallest absolute Gasteiger partial charge is 0.123 e. The molecule has 0 bridgehead atoms.